The van der Waals surface area contributed by atoms with Gasteiger partial charge in [0.2, 0.25) is 0 Å². The number of Topliss-reactive ketones (excluding diaryl/α,β-unsaturated/α-hetero) is 1. The maximum atomic E-state index is 11.3. The van der Waals surface area contributed by atoms with E-state index in [1.54, 1.807) is 0 Å². The first-order valence-electron chi connectivity index (χ1n) is 4.42. The molecule has 0 unspecified atom stereocenters. The highest BCUT2D eigenvalue weighted by Crippen LogP contribution is 2.58. The van der Waals surface area contributed by atoms with Crippen molar-refractivity contribution < 1.29 is 14.3 Å². The molecule has 1 saturated heterocycles. The minimum atomic E-state index is -0.104. The zero-order valence-electron chi connectivity index (χ0n) is 6.71. The zero-order chi connectivity index (χ0) is 8.34. The molecule has 3 fully saturated rings. The van der Waals surface area contributed by atoms with Crippen LogP contribution in [0.15, 0.2) is 0 Å². The number of rotatable bonds is 0. The van der Waals surface area contributed by atoms with Crippen molar-refractivity contribution >= 4 is 11.8 Å². The molecule has 3 atom stereocenters. The number of ether oxygens (including phenoxy) is 1. The molecule has 2 aliphatic carbocycles. The van der Waals surface area contributed by atoms with Crippen molar-refractivity contribution in [2.75, 3.05) is 0 Å². The van der Waals surface area contributed by atoms with E-state index in [-0.39, 0.29) is 23.4 Å². The first-order chi connectivity index (χ1) is 5.70. The van der Waals surface area contributed by atoms with E-state index in [9.17, 15) is 9.59 Å². The lowest BCUT2D eigenvalue weighted by Crippen LogP contribution is -2.28. The summed E-state index contributed by atoms with van der Waals surface area (Å²) < 4.78 is 5.17. The fourth-order valence-electron chi connectivity index (χ4n) is 3.05. The molecule has 0 aromatic carbocycles. The van der Waals surface area contributed by atoms with Crippen molar-refractivity contribution in [1.82, 2.24) is 0 Å². The average Bonchev–Trinajstić information content (AvgIpc) is 2.47. The normalized spacial score (nSPS) is 49.7. The van der Waals surface area contributed by atoms with E-state index < -0.39 is 0 Å². The van der Waals surface area contributed by atoms with Gasteiger partial charge in [0, 0.05) is 17.8 Å². The van der Waals surface area contributed by atoms with Crippen LogP contribution in [0.3, 0.4) is 0 Å². The minimum absolute atomic E-state index is 0.0567. The number of carbonyl (C=O) groups excluding carboxylic acids is 2. The molecule has 0 radical (unpaired) electrons. The molecule has 3 aliphatic rings. The Labute approximate surface area is 70.1 Å². The van der Waals surface area contributed by atoms with E-state index in [0.29, 0.717) is 18.6 Å². The molecule has 64 valence electrons. The summed E-state index contributed by atoms with van der Waals surface area (Å²) in [6.07, 6.45) is 2.86. The van der Waals surface area contributed by atoms with Gasteiger partial charge in [-0.25, -0.2) is 0 Å². The van der Waals surface area contributed by atoms with E-state index in [2.05, 4.69) is 0 Å². The molecular formula is C9H10O3. The van der Waals surface area contributed by atoms with Crippen molar-refractivity contribution in [3.63, 3.8) is 0 Å². The lowest BCUT2D eigenvalue weighted by molar-refractivity contribution is -0.143. The Balaban J connectivity index is 2.01. The highest BCUT2D eigenvalue weighted by molar-refractivity contribution is 5.88. The molecule has 1 aliphatic heterocycles. The van der Waals surface area contributed by atoms with Gasteiger partial charge in [0.25, 0.3) is 0 Å². The molecule has 2 bridgehead atoms. The summed E-state index contributed by atoms with van der Waals surface area (Å²) in [6.45, 7) is 0. The Morgan fingerprint density at radius 1 is 1.33 bits per heavy atom. The van der Waals surface area contributed by atoms with Crippen LogP contribution in [-0.4, -0.2) is 17.9 Å². The van der Waals surface area contributed by atoms with Crippen LogP contribution in [0.1, 0.15) is 25.7 Å². The SMILES string of the molecule is O=C1C[C@]23CC(=O)[C@H](C[C@H]2O1)C3. The fraction of sp³-hybridized carbons (Fsp3) is 0.778. The van der Waals surface area contributed by atoms with Gasteiger partial charge in [-0.3, -0.25) is 9.59 Å². The smallest absolute Gasteiger partial charge is 0.306 e. The molecule has 0 amide bonds. The Kier molecular flexibility index (Phi) is 0.955. The summed E-state index contributed by atoms with van der Waals surface area (Å²) in [5, 5.41) is 0. The Hall–Kier alpha value is -0.860. The van der Waals surface area contributed by atoms with Gasteiger partial charge in [0.05, 0.1) is 6.42 Å². The van der Waals surface area contributed by atoms with Gasteiger partial charge in [-0.15, -0.1) is 0 Å². The number of ketones is 1. The number of esters is 1. The molecular weight excluding hydrogens is 156 g/mol. The highest BCUT2D eigenvalue weighted by Gasteiger charge is 2.62. The molecule has 3 heteroatoms. The Morgan fingerprint density at radius 2 is 2.17 bits per heavy atom. The molecule has 0 aromatic heterocycles. The second-order valence-electron chi connectivity index (χ2n) is 4.30. The maximum absolute atomic E-state index is 11.3. The second kappa shape index (κ2) is 1.73. The highest BCUT2D eigenvalue weighted by atomic mass is 16.6. The third-order valence-electron chi connectivity index (χ3n) is 3.59. The van der Waals surface area contributed by atoms with Gasteiger partial charge in [-0.2, -0.15) is 0 Å². The van der Waals surface area contributed by atoms with Crippen LogP contribution in [0.25, 0.3) is 0 Å². The molecule has 3 rings (SSSR count). The first-order valence-corrected chi connectivity index (χ1v) is 4.42. The molecule has 0 aromatic rings. The lowest BCUT2D eigenvalue weighted by atomic mass is 9.81. The van der Waals surface area contributed by atoms with E-state index in [1.807, 2.05) is 0 Å². The standard InChI is InChI=1S/C9H10O3/c10-6-3-9-2-5(6)1-7(9)12-8(11)4-9/h5,7H,1-4H2/t5-,7-,9+/m1/s1. The second-order valence-corrected chi connectivity index (χ2v) is 4.30. The molecule has 1 heterocycles. The van der Waals surface area contributed by atoms with Crippen molar-refractivity contribution in [3.8, 4) is 0 Å². The van der Waals surface area contributed by atoms with Crippen molar-refractivity contribution in [3.05, 3.63) is 0 Å². The van der Waals surface area contributed by atoms with Crippen LogP contribution in [0.2, 0.25) is 0 Å². The quantitative estimate of drug-likeness (QED) is 0.497. The lowest BCUT2D eigenvalue weighted by Gasteiger charge is -2.23. The van der Waals surface area contributed by atoms with Crippen LogP contribution in [-0.2, 0) is 14.3 Å². The van der Waals surface area contributed by atoms with Crippen molar-refractivity contribution in [2.45, 2.75) is 31.8 Å². The summed E-state index contributed by atoms with van der Waals surface area (Å²) in [7, 11) is 0. The predicted molar refractivity (Wildman–Crippen MR) is 39.3 cm³/mol. The minimum Gasteiger partial charge on any atom is -0.462 e. The molecule has 2 saturated carbocycles. The topological polar surface area (TPSA) is 43.4 Å². The molecule has 0 N–H and O–H groups in total. The summed E-state index contributed by atoms with van der Waals surface area (Å²) >= 11 is 0. The number of hydrogen-bond donors (Lipinski definition) is 0. The third kappa shape index (κ3) is 0.586. The summed E-state index contributed by atoms with van der Waals surface area (Å²) in [5.74, 6) is 0.459. The van der Waals surface area contributed by atoms with E-state index in [4.69, 9.17) is 4.74 Å². The van der Waals surface area contributed by atoms with Crippen LogP contribution >= 0.6 is 0 Å². The van der Waals surface area contributed by atoms with Crippen LogP contribution in [0.5, 0.6) is 0 Å². The number of carbonyl (C=O) groups is 2. The predicted octanol–water partition coefficient (Wildman–Crippen LogP) is 0.671. The van der Waals surface area contributed by atoms with E-state index in [1.165, 1.54) is 0 Å². The molecule has 12 heavy (non-hydrogen) atoms. The van der Waals surface area contributed by atoms with Crippen LogP contribution in [0, 0.1) is 11.3 Å². The van der Waals surface area contributed by atoms with Gasteiger partial charge in [-0.05, 0) is 12.8 Å². The zero-order valence-corrected chi connectivity index (χ0v) is 6.71. The van der Waals surface area contributed by atoms with E-state index in [0.717, 1.165) is 12.8 Å². The number of hydrogen-bond acceptors (Lipinski definition) is 3. The van der Waals surface area contributed by atoms with Gasteiger partial charge < -0.3 is 4.74 Å². The largest absolute Gasteiger partial charge is 0.462 e. The first kappa shape index (κ1) is 6.63. The van der Waals surface area contributed by atoms with Gasteiger partial charge in [0.15, 0.2) is 0 Å². The Bertz CT molecular complexity index is 279. The fourth-order valence-corrected chi connectivity index (χ4v) is 3.05. The Morgan fingerprint density at radius 3 is 2.92 bits per heavy atom. The summed E-state index contributed by atoms with van der Waals surface area (Å²) in [6, 6.07) is 0. The molecule has 1 spiro atoms. The van der Waals surface area contributed by atoms with Gasteiger partial charge in [0.1, 0.15) is 11.9 Å². The van der Waals surface area contributed by atoms with Crippen molar-refractivity contribution in [2.24, 2.45) is 11.3 Å². The van der Waals surface area contributed by atoms with Crippen molar-refractivity contribution in [1.29, 1.82) is 0 Å². The molecule has 3 nitrogen and oxygen atoms in total. The monoisotopic (exact) mass is 166 g/mol. The summed E-state index contributed by atoms with van der Waals surface area (Å²) in [5.41, 5.74) is -0.0567. The van der Waals surface area contributed by atoms with Crippen LogP contribution in [0.4, 0.5) is 0 Å². The third-order valence-corrected chi connectivity index (χ3v) is 3.59. The van der Waals surface area contributed by atoms with E-state index >= 15 is 0 Å². The van der Waals surface area contributed by atoms with Gasteiger partial charge in [-0.1, -0.05) is 0 Å². The van der Waals surface area contributed by atoms with Gasteiger partial charge >= 0.3 is 5.97 Å². The maximum Gasteiger partial charge on any atom is 0.306 e. The number of fused-ring (bicyclic) bond motifs is 1. The van der Waals surface area contributed by atoms with Crippen LogP contribution < -0.4 is 0 Å². The summed E-state index contributed by atoms with van der Waals surface area (Å²) in [4.78, 5) is 22.3. The average molecular weight is 166 g/mol.